The van der Waals surface area contributed by atoms with Gasteiger partial charge in [-0.2, -0.15) is 0 Å². The Labute approximate surface area is 148 Å². The fourth-order valence-electron chi connectivity index (χ4n) is 3.07. The fourth-order valence-corrected chi connectivity index (χ4v) is 3.07. The van der Waals surface area contributed by atoms with Crippen LogP contribution in [0.5, 0.6) is 0 Å². The number of amides is 2. The summed E-state index contributed by atoms with van der Waals surface area (Å²) in [4.78, 5) is 26.4. The number of hydrogen-bond acceptors (Lipinski definition) is 3. The normalized spacial score (nSPS) is 14.5. The minimum absolute atomic E-state index is 0.273. The van der Waals surface area contributed by atoms with Crippen molar-refractivity contribution in [3.63, 3.8) is 0 Å². The average molecular weight is 334 g/mol. The Morgan fingerprint density at radius 3 is 2.24 bits per heavy atom. The van der Waals surface area contributed by atoms with E-state index in [1.165, 1.54) is 12.6 Å². The number of imide groups is 1. The minimum Gasteiger partial charge on any atom is -0.350 e. The first-order valence-electron chi connectivity index (χ1n) is 8.42. The summed E-state index contributed by atoms with van der Waals surface area (Å²) in [5, 5.41) is 3.16. The van der Waals surface area contributed by atoms with E-state index in [1.807, 2.05) is 56.3 Å². The quantitative estimate of drug-likeness (QED) is 0.868. The molecule has 4 nitrogen and oxygen atoms in total. The number of carbonyl (C=O) groups is 2. The third kappa shape index (κ3) is 3.07. The van der Waals surface area contributed by atoms with Crippen LogP contribution < -0.4 is 5.32 Å². The maximum Gasteiger partial charge on any atom is 0.277 e. The summed E-state index contributed by atoms with van der Waals surface area (Å²) in [7, 11) is 1.52. The van der Waals surface area contributed by atoms with E-state index < -0.39 is 0 Å². The number of aryl methyl sites for hydroxylation is 3. The molecule has 0 fully saturated rings. The Morgan fingerprint density at radius 2 is 1.64 bits per heavy atom. The molecule has 2 aromatic carbocycles. The number of rotatable bonds is 4. The van der Waals surface area contributed by atoms with Crippen molar-refractivity contribution in [2.45, 2.75) is 27.2 Å². The lowest BCUT2D eigenvalue weighted by Crippen LogP contribution is -2.27. The standard InChI is InChI=1S/C21H22N2O2/c1-5-15-7-9-16(10-8-15)22-19-18(20(24)23(4)21(19)25)17-11-6-13(2)12-14(17)3/h6-12,22H,5H2,1-4H3. The largest absolute Gasteiger partial charge is 0.350 e. The number of nitrogens with zero attached hydrogens (tertiary/aromatic N) is 1. The number of carbonyl (C=O) groups excluding carboxylic acids is 2. The summed E-state index contributed by atoms with van der Waals surface area (Å²) in [5.74, 6) is -0.579. The van der Waals surface area contributed by atoms with Gasteiger partial charge in [0.15, 0.2) is 0 Å². The van der Waals surface area contributed by atoms with Crippen LogP contribution in [-0.2, 0) is 16.0 Å². The van der Waals surface area contributed by atoms with Gasteiger partial charge in [-0.25, -0.2) is 0 Å². The first-order chi connectivity index (χ1) is 11.9. The molecule has 0 aromatic heterocycles. The molecule has 1 N–H and O–H groups in total. The van der Waals surface area contributed by atoms with Gasteiger partial charge in [-0.15, -0.1) is 0 Å². The molecule has 1 aliphatic heterocycles. The molecular formula is C21H22N2O2. The number of nitrogens with one attached hydrogen (secondary N) is 1. The van der Waals surface area contributed by atoms with E-state index in [2.05, 4.69) is 12.2 Å². The summed E-state index contributed by atoms with van der Waals surface area (Å²) in [5.41, 5.74) is 5.68. The van der Waals surface area contributed by atoms with Crippen LogP contribution in [0, 0.1) is 13.8 Å². The molecule has 0 spiro atoms. The Kier molecular flexibility index (Phi) is 4.45. The van der Waals surface area contributed by atoms with Gasteiger partial charge in [0.1, 0.15) is 5.70 Å². The number of benzene rings is 2. The lowest BCUT2D eigenvalue weighted by atomic mass is 9.97. The minimum atomic E-state index is -0.306. The highest BCUT2D eigenvalue weighted by molar-refractivity contribution is 6.36. The van der Waals surface area contributed by atoms with E-state index in [1.54, 1.807) is 0 Å². The summed E-state index contributed by atoms with van der Waals surface area (Å²) < 4.78 is 0. The molecule has 1 aliphatic rings. The van der Waals surface area contributed by atoms with Crippen molar-refractivity contribution < 1.29 is 9.59 Å². The van der Waals surface area contributed by atoms with E-state index in [0.29, 0.717) is 11.3 Å². The SMILES string of the molecule is CCc1ccc(NC2=C(c3ccc(C)cc3C)C(=O)N(C)C2=O)cc1. The summed E-state index contributed by atoms with van der Waals surface area (Å²) >= 11 is 0. The topological polar surface area (TPSA) is 49.4 Å². The summed E-state index contributed by atoms with van der Waals surface area (Å²) in [6, 6.07) is 13.8. The van der Waals surface area contributed by atoms with Gasteiger partial charge in [-0.3, -0.25) is 14.5 Å². The van der Waals surface area contributed by atoms with Crippen LogP contribution in [0.2, 0.25) is 0 Å². The van der Waals surface area contributed by atoms with Gasteiger partial charge in [-0.05, 0) is 49.1 Å². The first kappa shape index (κ1) is 17.0. The van der Waals surface area contributed by atoms with Gasteiger partial charge >= 0.3 is 0 Å². The highest BCUT2D eigenvalue weighted by atomic mass is 16.2. The van der Waals surface area contributed by atoms with Gasteiger partial charge < -0.3 is 5.32 Å². The third-order valence-corrected chi connectivity index (χ3v) is 4.57. The molecule has 0 radical (unpaired) electrons. The second-order valence-electron chi connectivity index (χ2n) is 6.41. The third-order valence-electron chi connectivity index (χ3n) is 4.57. The van der Waals surface area contributed by atoms with Gasteiger partial charge in [0.05, 0.1) is 5.57 Å². The van der Waals surface area contributed by atoms with Crippen LogP contribution in [0.1, 0.15) is 29.2 Å². The Morgan fingerprint density at radius 1 is 0.960 bits per heavy atom. The Bertz CT molecular complexity index is 879. The number of anilines is 1. The Balaban J connectivity index is 2.08. The maximum absolute atomic E-state index is 12.7. The van der Waals surface area contributed by atoms with Crippen molar-refractivity contribution in [1.29, 1.82) is 0 Å². The molecule has 1 heterocycles. The van der Waals surface area contributed by atoms with Gasteiger partial charge in [0.2, 0.25) is 0 Å². The van der Waals surface area contributed by atoms with Crippen LogP contribution >= 0.6 is 0 Å². The van der Waals surface area contributed by atoms with Crippen molar-refractivity contribution in [2.24, 2.45) is 0 Å². The van der Waals surface area contributed by atoms with E-state index in [-0.39, 0.29) is 11.8 Å². The highest BCUT2D eigenvalue weighted by Gasteiger charge is 2.37. The second-order valence-corrected chi connectivity index (χ2v) is 6.41. The molecule has 2 amide bonds. The van der Waals surface area contributed by atoms with Crippen molar-refractivity contribution in [3.8, 4) is 0 Å². The molecule has 3 rings (SSSR count). The molecule has 0 saturated carbocycles. The zero-order valence-electron chi connectivity index (χ0n) is 15.0. The molecule has 0 atom stereocenters. The van der Waals surface area contributed by atoms with Gasteiger partial charge in [0, 0.05) is 12.7 Å². The molecule has 0 saturated heterocycles. The lowest BCUT2D eigenvalue weighted by molar-refractivity contribution is -0.135. The van der Waals surface area contributed by atoms with Crippen LogP contribution in [0.25, 0.3) is 5.57 Å². The zero-order chi connectivity index (χ0) is 18.1. The first-order valence-corrected chi connectivity index (χ1v) is 8.42. The monoisotopic (exact) mass is 334 g/mol. The molecule has 0 aliphatic carbocycles. The molecule has 128 valence electrons. The van der Waals surface area contributed by atoms with Crippen molar-refractivity contribution in [2.75, 3.05) is 12.4 Å². The number of hydrogen-bond donors (Lipinski definition) is 1. The second kappa shape index (κ2) is 6.55. The number of likely N-dealkylation sites (N-methyl/N-ethyl adjacent to an activating group) is 1. The zero-order valence-corrected chi connectivity index (χ0v) is 15.0. The lowest BCUT2D eigenvalue weighted by Gasteiger charge is -2.11. The molecule has 4 heteroatoms. The van der Waals surface area contributed by atoms with Crippen LogP contribution in [0.4, 0.5) is 5.69 Å². The molecular weight excluding hydrogens is 312 g/mol. The Hall–Kier alpha value is -2.88. The van der Waals surface area contributed by atoms with E-state index in [4.69, 9.17) is 0 Å². The molecule has 0 unspecified atom stereocenters. The molecule has 25 heavy (non-hydrogen) atoms. The smallest absolute Gasteiger partial charge is 0.277 e. The van der Waals surface area contributed by atoms with Gasteiger partial charge in [-0.1, -0.05) is 42.8 Å². The summed E-state index contributed by atoms with van der Waals surface area (Å²) in [6.07, 6.45) is 0.955. The van der Waals surface area contributed by atoms with E-state index >= 15 is 0 Å². The van der Waals surface area contributed by atoms with Gasteiger partial charge in [0.25, 0.3) is 11.8 Å². The van der Waals surface area contributed by atoms with Crippen molar-refractivity contribution in [1.82, 2.24) is 4.90 Å². The van der Waals surface area contributed by atoms with Crippen LogP contribution in [0.3, 0.4) is 0 Å². The summed E-state index contributed by atoms with van der Waals surface area (Å²) in [6.45, 7) is 6.06. The molecule has 0 bridgehead atoms. The van der Waals surface area contributed by atoms with Crippen LogP contribution in [-0.4, -0.2) is 23.8 Å². The average Bonchev–Trinajstić information content (AvgIpc) is 2.80. The van der Waals surface area contributed by atoms with E-state index in [0.717, 1.165) is 33.7 Å². The predicted octanol–water partition coefficient (Wildman–Crippen LogP) is 3.69. The van der Waals surface area contributed by atoms with Crippen molar-refractivity contribution in [3.05, 3.63) is 70.4 Å². The van der Waals surface area contributed by atoms with Crippen LogP contribution in [0.15, 0.2) is 48.2 Å². The predicted molar refractivity (Wildman–Crippen MR) is 100 cm³/mol. The fraction of sp³-hybridized carbons (Fsp3) is 0.238. The van der Waals surface area contributed by atoms with E-state index in [9.17, 15) is 9.59 Å². The highest BCUT2D eigenvalue weighted by Crippen LogP contribution is 2.31. The maximum atomic E-state index is 12.7. The van der Waals surface area contributed by atoms with Crippen molar-refractivity contribution >= 4 is 23.1 Å². The molecule has 2 aromatic rings.